The molecule has 3 aliphatic rings. The van der Waals surface area contributed by atoms with Crippen LogP contribution in [0.15, 0.2) is 30.5 Å². The number of urea groups is 1. The van der Waals surface area contributed by atoms with Gasteiger partial charge in [0, 0.05) is 21.9 Å². The molecule has 1 aromatic heterocycles. The van der Waals surface area contributed by atoms with E-state index in [-0.39, 0.29) is 25.3 Å². The zero-order chi connectivity index (χ0) is 40.0. The summed E-state index contributed by atoms with van der Waals surface area (Å²) in [7, 11) is -1.12. The molecule has 16 nitrogen and oxygen atoms in total. The van der Waals surface area contributed by atoms with Gasteiger partial charge in [0.05, 0.1) is 26.0 Å². The Balaban J connectivity index is 1.43. The largest absolute Gasteiger partial charge is 0.497 e. The Labute approximate surface area is 328 Å². The lowest BCUT2D eigenvalue weighted by molar-refractivity contribution is -0.145. The highest BCUT2D eigenvalue weighted by Crippen LogP contribution is 2.44. The summed E-state index contributed by atoms with van der Waals surface area (Å²) in [5.74, 6) is -1.88. The van der Waals surface area contributed by atoms with Crippen LogP contribution in [0.2, 0.25) is 0 Å². The highest BCUT2D eigenvalue weighted by Gasteiger charge is 2.62. The van der Waals surface area contributed by atoms with E-state index in [0.29, 0.717) is 24.0 Å². The second kappa shape index (κ2) is 15.3. The van der Waals surface area contributed by atoms with Crippen molar-refractivity contribution in [1.82, 2.24) is 30.6 Å². The lowest BCUT2D eigenvalue weighted by Gasteiger charge is -2.36. The molecule has 5 amide bonds. The lowest BCUT2D eigenvalue weighted by Crippen LogP contribution is -2.62. The number of fused-ring (bicyclic) bond motifs is 1. The van der Waals surface area contributed by atoms with E-state index in [4.69, 9.17) is 14.2 Å². The topological polar surface area (TPSA) is 211 Å². The second-order valence-corrected chi connectivity index (χ2v) is 19.7. The number of alkyl halides is 1. The van der Waals surface area contributed by atoms with Gasteiger partial charge < -0.3 is 35.1 Å². The lowest BCUT2D eigenvalue weighted by atomic mass is 9.85. The van der Waals surface area contributed by atoms with Crippen LogP contribution in [0, 0.1) is 10.8 Å². The van der Waals surface area contributed by atoms with Crippen LogP contribution in [-0.4, -0.2) is 108 Å². The summed E-state index contributed by atoms with van der Waals surface area (Å²) in [6.45, 7) is 10.4. The number of hydrogen-bond acceptors (Lipinski definition) is 11. The van der Waals surface area contributed by atoms with E-state index < -0.39 is 89.5 Å². The summed E-state index contributed by atoms with van der Waals surface area (Å²) in [5.41, 5.74) is -3.12. The first-order valence-electron chi connectivity index (χ1n) is 17.7. The van der Waals surface area contributed by atoms with Gasteiger partial charge in [-0.15, -0.1) is 0 Å². The fraction of sp³-hybridized carbons (Fsp3) is 0.611. The van der Waals surface area contributed by atoms with Crippen LogP contribution in [0.3, 0.4) is 0 Å². The van der Waals surface area contributed by atoms with Crippen LogP contribution in [-0.2, 0) is 33.9 Å². The highest BCUT2D eigenvalue weighted by atomic mass is 127. The number of carbonyl (C=O) groups is 5. The molecular weight excluding hydrogens is 835 g/mol. The van der Waals surface area contributed by atoms with Crippen molar-refractivity contribution in [3.05, 3.63) is 30.5 Å². The van der Waals surface area contributed by atoms with Crippen molar-refractivity contribution in [2.45, 2.75) is 106 Å². The number of hydrogen-bond donors (Lipinski definition) is 4. The number of aromatic nitrogens is 1. The Morgan fingerprint density at radius 2 is 1.61 bits per heavy atom. The molecule has 0 spiro atoms. The van der Waals surface area contributed by atoms with Crippen molar-refractivity contribution >= 4 is 73.1 Å². The average molecular weight is 885 g/mol. The highest BCUT2D eigenvalue weighted by molar-refractivity contribution is 14.1. The van der Waals surface area contributed by atoms with Crippen molar-refractivity contribution < 1.29 is 46.6 Å². The average Bonchev–Trinajstić information content (AvgIpc) is 4.01. The molecule has 6 atom stereocenters. The van der Waals surface area contributed by atoms with Gasteiger partial charge in [0.2, 0.25) is 27.7 Å². The Hall–Kier alpha value is -3.94. The molecule has 296 valence electrons. The molecule has 1 aromatic carbocycles. The third-order valence-electron chi connectivity index (χ3n) is 9.85. The van der Waals surface area contributed by atoms with Crippen molar-refractivity contribution in [3.63, 3.8) is 0 Å². The Morgan fingerprint density at radius 1 is 0.981 bits per heavy atom. The number of methoxy groups -OCH3 is 2. The number of sulfonamides is 1. The third kappa shape index (κ3) is 8.95. The summed E-state index contributed by atoms with van der Waals surface area (Å²) in [6, 6.07) is 2.95. The van der Waals surface area contributed by atoms with Crippen molar-refractivity contribution in [1.29, 1.82) is 0 Å². The maximum absolute atomic E-state index is 14.6. The zero-order valence-corrected chi connectivity index (χ0v) is 34.6. The summed E-state index contributed by atoms with van der Waals surface area (Å²) < 4.78 is 43.7. The molecule has 1 aliphatic heterocycles. The molecule has 2 saturated carbocycles. The van der Waals surface area contributed by atoms with Gasteiger partial charge in [-0.3, -0.25) is 19.1 Å². The summed E-state index contributed by atoms with van der Waals surface area (Å²) in [4.78, 5) is 74.0. The van der Waals surface area contributed by atoms with E-state index in [0.717, 1.165) is 5.39 Å². The number of nitrogens with zero attached hydrogens (tertiary/aromatic N) is 2. The van der Waals surface area contributed by atoms with Gasteiger partial charge >= 0.3 is 12.0 Å². The van der Waals surface area contributed by atoms with Crippen molar-refractivity contribution in [2.24, 2.45) is 10.8 Å². The Kier molecular flexibility index (Phi) is 11.7. The SMILES string of the molecule is COC(=O)[C@@H](NC(=O)N[C@H](C(=O)N1C[C@H](Oc2nccc3cc(OC)ccc23)C[C@H]1C(=O)N[C@]1(C(=O)NS(=O)(=O)C2CC2)C[C@H]1I)C(C)(C)C)C(C)(C)C. The Bertz CT molecular complexity index is 1930. The van der Waals surface area contributed by atoms with Crippen LogP contribution >= 0.6 is 22.6 Å². The monoisotopic (exact) mass is 884 g/mol. The predicted molar refractivity (Wildman–Crippen MR) is 206 cm³/mol. The number of nitrogens with one attached hydrogen (secondary N) is 4. The van der Waals surface area contributed by atoms with Gasteiger partial charge in [0.25, 0.3) is 5.91 Å². The molecule has 2 aromatic rings. The van der Waals surface area contributed by atoms with Gasteiger partial charge in [0.1, 0.15) is 35.5 Å². The molecule has 2 heterocycles. The number of pyridine rings is 1. The van der Waals surface area contributed by atoms with Crippen LogP contribution < -0.4 is 30.1 Å². The molecule has 0 radical (unpaired) electrons. The fourth-order valence-electron chi connectivity index (χ4n) is 6.38. The number of rotatable bonds is 12. The predicted octanol–water partition coefficient (Wildman–Crippen LogP) is 2.56. The third-order valence-corrected chi connectivity index (χ3v) is 13.2. The molecule has 1 saturated heterocycles. The second-order valence-electron chi connectivity index (χ2n) is 16.2. The number of likely N-dealkylation sites (tertiary alicyclic amines) is 1. The normalized spacial score (nSPS) is 23.8. The van der Waals surface area contributed by atoms with Crippen molar-refractivity contribution in [2.75, 3.05) is 20.8 Å². The minimum atomic E-state index is -3.89. The molecule has 18 heteroatoms. The number of halogens is 1. The zero-order valence-electron chi connectivity index (χ0n) is 31.6. The van der Waals surface area contributed by atoms with Crippen LogP contribution in [0.1, 0.15) is 67.2 Å². The fourth-order valence-corrected chi connectivity index (χ4v) is 8.87. The standard InChI is InChI=1S/C36H49IN6O10S/c1-34(2,3)26(39-33(48)40-27(31(46)52-8)35(4,5)6)30(45)43-18-21(53-29-23-12-9-20(51-7)15-19(23)13-14-38-29)16-24(43)28(44)41-36(17-25(36)37)32(47)42-54(49,50)22-10-11-22/h9,12-15,21-22,24-27H,10-11,16-18H2,1-8H3,(H,41,44)(H,42,47)(H2,39,40,48)/t21-,24+,25-,26-,27-,36-/m1/s1. The van der Waals surface area contributed by atoms with Crippen LogP contribution in [0.4, 0.5) is 4.79 Å². The first-order chi connectivity index (χ1) is 25.1. The van der Waals surface area contributed by atoms with E-state index in [1.165, 1.54) is 12.0 Å². The molecule has 3 fully saturated rings. The molecule has 0 bridgehead atoms. The van der Waals surface area contributed by atoms with E-state index in [2.05, 4.69) is 25.7 Å². The van der Waals surface area contributed by atoms with E-state index in [1.54, 1.807) is 73.0 Å². The minimum absolute atomic E-state index is 0.00667. The van der Waals surface area contributed by atoms with E-state index in [1.807, 2.05) is 28.7 Å². The summed E-state index contributed by atoms with van der Waals surface area (Å²) in [5, 5.41) is 8.96. The summed E-state index contributed by atoms with van der Waals surface area (Å²) >= 11 is 1.99. The number of benzene rings is 1. The molecular formula is C36H49IN6O10S. The smallest absolute Gasteiger partial charge is 0.328 e. The van der Waals surface area contributed by atoms with Gasteiger partial charge in [-0.25, -0.2) is 23.0 Å². The number of carbonyl (C=O) groups excluding carboxylic acids is 5. The van der Waals surface area contributed by atoms with Gasteiger partial charge in [-0.05, 0) is 59.7 Å². The number of esters is 1. The molecule has 5 rings (SSSR count). The molecule has 4 N–H and O–H groups in total. The Morgan fingerprint density at radius 3 is 2.17 bits per heavy atom. The van der Waals surface area contributed by atoms with Gasteiger partial charge in [0.15, 0.2) is 0 Å². The van der Waals surface area contributed by atoms with Gasteiger partial charge in [-0.1, -0.05) is 64.1 Å². The molecule has 54 heavy (non-hydrogen) atoms. The molecule has 0 unspecified atom stereocenters. The van der Waals surface area contributed by atoms with Crippen LogP contribution in [0.5, 0.6) is 11.6 Å². The van der Waals surface area contributed by atoms with Gasteiger partial charge in [-0.2, -0.15) is 0 Å². The quantitative estimate of drug-likeness (QED) is 0.138. The maximum atomic E-state index is 14.6. The minimum Gasteiger partial charge on any atom is -0.497 e. The number of ether oxygens (including phenoxy) is 3. The van der Waals surface area contributed by atoms with Crippen molar-refractivity contribution in [3.8, 4) is 11.6 Å². The number of amides is 5. The summed E-state index contributed by atoms with van der Waals surface area (Å²) in [6.07, 6.45) is 1.91. The first-order valence-corrected chi connectivity index (χ1v) is 20.5. The molecule has 2 aliphatic carbocycles. The first kappa shape index (κ1) is 41.2. The maximum Gasteiger partial charge on any atom is 0.328 e. The van der Waals surface area contributed by atoms with Crippen LogP contribution in [0.25, 0.3) is 10.8 Å². The van der Waals surface area contributed by atoms with E-state index in [9.17, 15) is 32.4 Å². The van der Waals surface area contributed by atoms with E-state index >= 15 is 0 Å².